The van der Waals surface area contributed by atoms with Gasteiger partial charge in [-0.15, -0.1) is 0 Å². The molecule has 6 heteroatoms. The van der Waals surface area contributed by atoms with E-state index in [2.05, 4.69) is 0 Å². The summed E-state index contributed by atoms with van der Waals surface area (Å²) in [6.45, 7) is 2.51. The minimum Gasteiger partial charge on any atom is -0.171 e. The first-order chi connectivity index (χ1) is 7.03. The van der Waals surface area contributed by atoms with Crippen LogP contribution in [0.2, 0.25) is 0 Å². The Bertz CT molecular complexity index is 253. The van der Waals surface area contributed by atoms with Crippen LogP contribution in [0.1, 0.15) is 33.1 Å². The van der Waals surface area contributed by atoms with Crippen molar-refractivity contribution in [1.29, 1.82) is 0 Å². The van der Waals surface area contributed by atoms with Crippen molar-refractivity contribution in [2.45, 2.75) is 45.5 Å². The fourth-order valence-electron chi connectivity index (χ4n) is 2.55. The Labute approximate surface area is 90.0 Å². The van der Waals surface area contributed by atoms with E-state index in [-0.39, 0.29) is 12.8 Å². The monoisotopic (exact) mass is 248 g/mol. The van der Waals surface area contributed by atoms with Crippen molar-refractivity contribution in [2.75, 3.05) is 0 Å². The predicted molar refractivity (Wildman–Crippen MR) is 46.7 cm³/mol. The van der Waals surface area contributed by atoms with Crippen LogP contribution in [0.4, 0.5) is 26.3 Å². The molecule has 3 atom stereocenters. The molecule has 0 aromatic carbocycles. The van der Waals surface area contributed by atoms with Crippen LogP contribution in [0.25, 0.3) is 0 Å². The zero-order valence-corrected chi connectivity index (χ0v) is 9.04. The standard InChI is InChI=1S/C10H14F6/c1-3-8(6(2)10(14,15)16)4-7(8)5-9(11,12)13/h6-7H,3-5H2,1-2H3. The Kier molecular flexibility index (Phi) is 3.25. The molecule has 1 aliphatic rings. The van der Waals surface area contributed by atoms with E-state index in [0.29, 0.717) is 0 Å². The van der Waals surface area contributed by atoms with Gasteiger partial charge in [0.2, 0.25) is 0 Å². The third kappa shape index (κ3) is 2.63. The summed E-state index contributed by atoms with van der Waals surface area (Å²) in [5.41, 5.74) is -1.19. The SMILES string of the molecule is CCC1(C(C)C(F)(F)F)CC1CC(F)(F)F. The van der Waals surface area contributed by atoms with Crippen LogP contribution in [0.3, 0.4) is 0 Å². The number of alkyl halides is 6. The molecule has 0 spiro atoms. The van der Waals surface area contributed by atoms with Gasteiger partial charge in [0, 0.05) is 6.42 Å². The minimum absolute atomic E-state index is 0.0314. The Morgan fingerprint density at radius 3 is 2.00 bits per heavy atom. The zero-order valence-electron chi connectivity index (χ0n) is 9.04. The van der Waals surface area contributed by atoms with Crippen LogP contribution in [-0.2, 0) is 0 Å². The number of hydrogen-bond donors (Lipinski definition) is 0. The summed E-state index contributed by atoms with van der Waals surface area (Å²) in [5, 5.41) is 0. The van der Waals surface area contributed by atoms with Gasteiger partial charge < -0.3 is 0 Å². The van der Waals surface area contributed by atoms with Crippen LogP contribution in [-0.4, -0.2) is 12.4 Å². The summed E-state index contributed by atoms with van der Waals surface area (Å²) in [6.07, 6.45) is -9.69. The maximum absolute atomic E-state index is 12.5. The Hall–Kier alpha value is -0.420. The van der Waals surface area contributed by atoms with Gasteiger partial charge in [-0.2, -0.15) is 26.3 Å². The van der Waals surface area contributed by atoms with Crippen molar-refractivity contribution in [3.8, 4) is 0 Å². The Morgan fingerprint density at radius 1 is 1.19 bits per heavy atom. The average molecular weight is 248 g/mol. The Morgan fingerprint density at radius 2 is 1.69 bits per heavy atom. The summed E-state index contributed by atoms with van der Waals surface area (Å²) in [4.78, 5) is 0. The van der Waals surface area contributed by atoms with E-state index in [1.165, 1.54) is 6.92 Å². The highest BCUT2D eigenvalue weighted by Gasteiger charge is 2.64. The van der Waals surface area contributed by atoms with Gasteiger partial charge in [0.25, 0.3) is 0 Å². The molecule has 16 heavy (non-hydrogen) atoms. The van der Waals surface area contributed by atoms with E-state index in [4.69, 9.17) is 0 Å². The van der Waals surface area contributed by atoms with E-state index < -0.39 is 36.0 Å². The zero-order chi connectivity index (χ0) is 12.8. The highest BCUT2D eigenvalue weighted by molar-refractivity contribution is 5.06. The molecule has 0 saturated heterocycles. The first-order valence-electron chi connectivity index (χ1n) is 5.16. The number of hydrogen-bond acceptors (Lipinski definition) is 0. The second-order valence-corrected chi connectivity index (χ2v) is 4.57. The van der Waals surface area contributed by atoms with Crippen LogP contribution < -0.4 is 0 Å². The third-order valence-electron chi connectivity index (χ3n) is 3.77. The third-order valence-corrected chi connectivity index (χ3v) is 3.77. The average Bonchev–Trinajstić information content (AvgIpc) is 2.73. The highest BCUT2D eigenvalue weighted by Crippen LogP contribution is 2.66. The van der Waals surface area contributed by atoms with Crippen LogP contribution >= 0.6 is 0 Å². The van der Waals surface area contributed by atoms with Gasteiger partial charge in [-0.1, -0.05) is 13.8 Å². The van der Waals surface area contributed by atoms with E-state index >= 15 is 0 Å². The molecule has 0 aliphatic heterocycles. The molecule has 0 bridgehead atoms. The smallest absolute Gasteiger partial charge is 0.171 e. The summed E-state index contributed by atoms with van der Waals surface area (Å²) < 4.78 is 73.8. The molecule has 0 radical (unpaired) electrons. The molecule has 3 unspecified atom stereocenters. The molecule has 1 aliphatic carbocycles. The fraction of sp³-hybridized carbons (Fsp3) is 1.00. The summed E-state index contributed by atoms with van der Waals surface area (Å²) in [5.74, 6) is -2.52. The van der Waals surface area contributed by atoms with E-state index in [1.807, 2.05) is 0 Å². The second-order valence-electron chi connectivity index (χ2n) is 4.57. The molecule has 0 amide bonds. The first kappa shape index (κ1) is 13.6. The van der Waals surface area contributed by atoms with Crippen LogP contribution in [0, 0.1) is 17.3 Å². The Balaban J connectivity index is 2.71. The molecule has 0 N–H and O–H groups in total. The minimum atomic E-state index is -4.41. The quantitative estimate of drug-likeness (QED) is 0.642. The largest absolute Gasteiger partial charge is 0.392 e. The summed E-state index contributed by atoms with van der Waals surface area (Å²) in [6, 6.07) is 0. The summed E-state index contributed by atoms with van der Waals surface area (Å²) in [7, 11) is 0. The number of rotatable bonds is 3. The molecule has 0 aromatic heterocycles. The van der Waals surface area contributed by atoms with Gasteiger partial charge in [-0.05, 0) is 24.2 Å². The molecule has 0 heterocycles. The summed E-state index contributed by atoms with van der Waals surface area (Å²) >= 11 is 0. The van der Waals surface area contributed by atoms with Crippen molar-refractivity contribution in [3.63, 3.8) is 0 Å². The highest BCUT2D eigenvalue weighted by atomic mass is 19.4. The lowest BCUT2D eigenvalue weighted by atomic mass is 9.84. The molecule has 1 saturated carbocycles. The van der Waals surface area contributed by atoms with E-state index in [0.717, 1.165) is 6.92 Å². The van der Waals surface area contributed by atoms with Gasteiger partial charge in [0.15, 0.2) is 0 Å². The van der Waals surface area contributed by atoms with E-state index in [1.54, 1.807) is 0 Å². The molecular formula is C10H14F6. The van der Waals surface area contributed by atoms with Crippen molar-refractivity contribution in [3.05, 3.63) is 0 Å². The maximum Gasteiger partial charge on any atom is 0.392 e. The second kappa shape index (κ2) is 3.81. The van der Waals surface area contributed by atoms with Crippen LogP contribution in [0.5, 0.6) is 0 Å². The number of halogens is 6. The fourth-order valence-corrected chi connectivity index (χ4v) is 2.55. The lowest BCUT2D eigenvalue weighted by Crippen LogP contribution is -2.30. The molecule has 1 fully saturated rings. The van der Waals surface area contributed by atoms with Crippen molar-refractivity contribution >= 4 is 0 Å². The first-order valence-corrected chi connectivity index (χ1v) is 5.16. The lowest BCUT2D eigenvalue weighted by molar-refractivity contribution is -0.193. The molecule has 1 rings (SSSR count). The van der Waals surface area contributed by atoms with Gasteiger partial charge in [0.05, 0.1) is 5.92 Å². The maximum atomic E-state index is 12.5. The van der Waals surface area contributed by atoms with Crippen molar-refractivity contribution in [1.82, 2.24) is 0 Å². The lowest BCUT2D eigenvalue weighted by Gasteiger charge is -2.26. The topological polar surface area (TPSA) is 0 Å². The molecule has 96 valence electrons. The molecule has 0 aromatic rings. The van der Waals surface area contributed by atoms with Crippen molar-refractivity contribution in [2.24, 2.45) is 17.3 Å². The normalized spacial score (nSPS) is 32.6. The van der Waals surface area contributed by atoms with E-state index in [9.17, 15) is 26.3 Å². The van der Waals surface area contributed by atoms with Crippen molar-refractivity contribution < 1.29 is 26.3 Å². The van der Waals surface area contributed by atoms with Gasteiger partial charge in [-0.25, -0.2) is 0 Å². The van der Waals surface area contributed by atoms with Gasteiger partial charge in [0.1, 0.15) is 0 Å². The van der Waals surface area contributed by atoms with Gasteiger partial charge >= 0.3 is 12.4 Å². The molecular weight excluding hydrogens is 234 g/mol. The molecule has 0 nitrogen and oxygen atoms in total. The van der Waals surface area contributed by atoms with Gasteiger partial charge in [-0.3, -0.25) is 0 Å². The van der Waals surface area contributed by atoms with Crippen LogP contribution in [0.15, 0.2) is 0 Å². The predicted octanol–water partition coefficient (Wildman–Crippen LogP) is 4.55.